The first-order valence-corrected chi connectivity index (χ1v) is 9.43. The fourth-order valence-electron chi connectivity index (χ4n) is 3.50. The molecule has 0 unspecified atom stereocenters. The monoisotopic (exact) mass is 354 g/mol. The molecule has 0 spiro atoms. The van der Waals surface area contributed by atoms with Gasteiger partial charge in [-0.2, -0.15) is 0 Å². The van der Waals surface area contributed by atoms with Crippen molar-refractivity contribution < 1.29 is 19.1 Å². The standard InChI is InChI=1S/C17H30N4O4/c22-16(1-4-19-9-13-25-14-10-19)20-5-7-21(8-6-20)17(23)18-15-2-11-24-12-3-15/h15H,1-14H2,(H,18,23). The maximum atomic E-state index is 12.4. The third kappa shape index (κ3) is 5.55. The van der Waals surface area contributed by atoms with Gasteiger partial charge in [-0.1, -0.05) is 0 Å². The average molecular weight is 354 g/mol. The Morgan fingerprint density at radius 1 is 0.840 bits per heavy atom. The van der Waals surface area contributed by atoms with Crippen molar-refractivity contribution in [3.63, 3.8) is 0 Å². The maximum Gasteiger partial charge on any atom is 0.317 e. The van der Waals surface area contributed by atoms with Gasteiger partial charge in [0.15, 0.2) is 0 Å². The number of nitrogens with zero attached hydrogens (tertiary/aromatic N) is 3. The summed E-state index contributed by atoms with van der Waals surface area (Å²) in [5.41, 5.74) is 0. The zero-order valence-corrected chi connectivity index (χ0v) is 15.0. The number of carbonyl (C=O) groups is 2. The molecule has 1 N–H and O–H groups in total. The second-order valence-electron chi connectivity index (χ2n) is 6.91. The van der Waals surface area contributed by atoms with Gasteiger partial charge in [-0.25, -0.2) is 4.79 Å². The minimum Gasteiger partial charge on any atom is -0.381 e. The van der Waals surface area contributed by atoms with Crippen molar-refractivity contribution >= 4 is 11.9 Å². The molecule has 8 heteroatoms. The van der Waals surface area contributed by atoms with E-state index in [9.17, 15) is 9.59 Å². The molecule has 0 radical (unpaired) electrons. The maximum absolute atomic E-state index is 12.4. The van der Waals surface area contributed by atoms with Crippen LogP contribution in [0.15, 0.2) is 0 Å². The Balaban J connectivity index is 1.34. The van der Waals surface area contributed by atoms with E-state index in [2.05, 4.69) is 10.2 Å². The van der Waals surface area contributed by atoms with Gasteiger partial charge in [0.2, 0.25) is 5.91 Å². The minimum atomic E-state index is -0.00712. The molecule has 0 aromatic rings. The zero-order valence-electron chi connectivity index (χ0n) is 15.0. The Morgan fingerprint density at radius 2 is 1.44 bits per heavy atom. The Bertz CT molecular complexity index is 442. The van der Waals surface area contributed by atoms with Gasteiger partial charge in [0.05, 0.1) is 13.2 Å². The molecule has 3 rings (SSSR count). The predicted molar refractivity (Wildman–Crippen MR) is 92.4 cm³/mol. The largest absolute Gasteiger partial charge is 0.381 e. The van der Waals surface area contributed by atoms with E-state index in [0.717, 1.165) is 58.9 Å². The molecule has 0 saturated carbocycles. The molecule has 3 aliphatic heterocycles. The number of hydrogen-bond donors (Lipinski definition) is 1. The lowest BCUT2D eigenvalue weighted by molar-refractivity contribution is -0.133. The molecule has 3 aliphatic rings. The van der Waals surface area contributed by atoms with Crippen LogP contribution in [0.4, 0.5) is 4.79 Å². The molecule has 0 aliphatic carbocycles. The lowest BCUT2D eigenvalue weighted by atomic mass is 10.1. The molecule has 3 saturated heterocycles. The Kier molecular flexibility index (Phi) is 6.89. The molecular formula is C17H30N4O4. The zero-order chi connectivity index (χ0) is 17.5. The molecule has 142 valence electrons. The molecule has 3 heterocycles. The summed E-state index contributed by atoms with van der Waals surface area (Å²) in [4.78, 5) is 30.7. The Morgan fingerprint density at radius 3 is 2.12 bits per heavy atom. The van der Waals surface area contributed by atoms with E-state index in [1.807, 2.05) is 9.80 Å². The number of hydrogen-bond acceptors (Lipinski definition) is 5. The fraction of sp³-hybridized carbons (Fsp3) is 0.882. The summed E-state index contributed by atoms with van der Waals surface area (Å²) in [6.07, 6.45) is 2.31. The highest BCUT2D eigenvalue weighted by molar-refractivity contribution is 5.78. The number of urea groups is 1. The minimum absolute atomic E-state index is 0.00712. The number of piperazine rings is 1. The highest BCUT2D eigenvalue weighted by Gasteiger charge is 2.26. The normalized spacial score (nSPS) is 23.5. The highest BCUT2D eigenvalue weighted by Crippen LogP contribution is 2.09. The Labute approximate surface area is 149 Å². The van der Waals surface area contributed by atoms with E-state index in [0.29, 0.717) is 32.6 Å². The average Bonchev–Trinajstić information content (AvgIpc) is 2.68. The van der Waals surface area contributed by atoms with E-state index < -0.39 is 0 Å². The third-order valence-corrected chi connectivity index (χ3v) is 5.21. The number of ether oxygens (including phenoxy) is 2. The summed E-state index contributed by atoms with van der Waals surface area (Å²) in [5, 5.41) is 3.09. The van der Waals surface area contributed by atoms with Crippen molar-refractivity contribution in [3.8, 4) is 0 Å². The summed E-state index contributed by atoms with van der Waals surface area (Å²) in [6.45, 7) is 8.05. The topological polar surface area (TPSA) is 74.4 Å². The van der Waals surface area contributed by atoms with Gasteiger partial charge >= 0.3 is 6.03 Å². The summed E-state index contributed by atoms with van der Waals surface area (Å²) >= 11 is 0. The van der Waals surface area contributed by atoms with Gasteiger partial charge in [0.25, 0.3) is 0 Å². The smallest absolute Gasteiger partial charge is 0.317 e. The number of morpholine rings is 1. The number of nitrogens with one attached hydrogen (secondary N) is 1. The van der Waals surface area contributed by atoms with Gasteiger partial charge in [0, 0.05) is 71.5 Å². The molecule has 0 bridgehead atoms. The van der Waals surface area contributed by atoms with Gasteiger partial charge in [-0.05, 0) is 12.8 Å². The van der Waals surface area contributed by atoms with Crippen LogP contribution in [-0.4, -0.2) is 105 Å². The summed E-state index contributed by atoms with van der Waals surface area (Å²) in [5.74, 6) is 0.191. The first kappa shape index (κ1) is 18.4. The van der Waals surface area contributed by atoms with E-state index in [1.54, 1.807) is 0 Å². The van der Waals surface area contributed by atoms with Crippen molar-refractivity contribution in [3.05, 3.63) is 0 Å². The van der Waals surface area contributed by atoms with E-state index >= 15 is 0 Å². The second-order valence-corrected chi connectivity index (χ2v) is 6.91. The van der Waals surface area contributed by atoms with E-state index in [-0.39, 0.29) is 18.0 Å². The fourth-order valence-corrected chi connectivity index (χ4v) is 3.50. The number of carbonyl (C=O) groups excluding carboxylic acids is 2. The first-order valence-electron chi connectivity index (χ1n) is 9.43. The molecule has 25 heavy (non-hydrogen) atoms. The Hall–Kier alpha value is -1.38. The summed E-state index contributed by atoms with van der Waals surface area (Å²) < 4.78 is 10.6. The van der Waals surface area contributed by atoms with Crippen LogP contribution in [0.3, 0.4) is 0 Å². The van der Waals surface area contributed by atoms with Crippen LogP contribution in [0, 0.1) is 0 Å². The molecule has 3 fully saturated rings. The second kappa shape index (κ2) is 9.35. The van der Waals surface area contributed by atoms with Crippen LogP contribution in [0.25, 0.3) is 0 Å². The number of amides is 3. The van der Waals surface area contributed by atoms with Crippen molar-refractivity contribution in [2.45, 2.75) is 25.3 Å². The molecule has 3 amide bonds. The van der Waals surface area contributed by atoms with Gasteiger partial charge in [-0.3, -0.25) is 9.69 Å². The van der Waals surface area contributed by atoms with Crippen LogP contribution in [0.1, 0.15) is 19.3 Å². The van der Waals surface area contributed by atoms with Crippen LogP contribution in [-0.2, 0) is 14.3 Å². The van der Waals surface area contributed by atoms with Gasteiger partial charge in [-0.15, -0.1) is 0 Å². The summed E-state index contributed by atoms with van der Waals surface area (Å²) in [6, 6.07) is 0.210. The van der Waals surface area contributed by atoms with Gasteiger partial charge in [0.1, 0.15) is 0 Å². The summed E-state index contributed by atoms with van der Waals surface area (Å²) in [7, 11) is 0. The molecule has 0 aromatic carbocycles. The molecule has 8 nitrogen and oxygen atoms in total. The third-order valence-electron chi connectivity index (χ3n) is 5.21. The SMILES string of the molecule is O=C(CCN1CCOCC1)N1CCN(C(=O)NC2CCOCC2)CC1. The van der Waals surface area contributed by atoms with Crippen LogP contribution < -0.4 is 5.32 Å². The lowest BCUT2D eigenvalue weighted by Crippen LogP contribution is -2.55. The first-order chi connectivity index (χ1) is 12.2. The van der Waals surface area contributed by atoms with Crippen molar-refractivity contribution in [1.29, 1.82) is 0 Å². The lowest BCUT2D eigenvalue weighted by Gasteiger charge is -2.36. The van der Waals surface area contributed by atoms with Crippen molar-refractivity contribution in [2.75, 3.05) is 72.2 Å². The van der Waals surface area contributed by atoms with Crippen molar-refractivity contribution in [2.24, 2.45) is 0 Å². The van der Waals surface area contributed by atoms with Crippen LogP contribution >= 0.6 is 0 Å². The predicted octanol–water partition coefficient (Wildman–Crippen LogP) is -0.258. The van der Waals surface area contributed by atoms with E-state index in [1.165, 1.54) is 0 Å². The quantitative estimate of drug-likeness (QED) is 0.753. The van der Waals surface area contributed by atoms with Crippen LogP contribution in [0.5, 0.6) is 0 Å². The number of rotatable bonds is 4. The van der Waals surface area contributed by atoms with Gasteiger partial charge < -0.3 is 24.6 Å². The van der Waals surface area contributed by atoms with Crippen molar-refractivity contribution in [1.82, 2.24) is 20.0 Å². The molecule has 0 aromatic heterocycles. The molecular weight excluding hydrogens is 324 g/mol. The van der Waals surface area contributed by atoms with Crippen LogP contribution in [0.2, 0.25) is 0 Å². The van der Waals surface area contributed by atoms with E-state index in [4.69, 9.17) is 9.47 Å². The molecule has 0 atom stereocenters. The highest BCUT2D eigenvalue weighted by atomic mass is 16.5.